The predicted octanol–water partition coefficient (Wildman–Crippen LogP) is 23.2. The minimum Gasteiger partial charge on any atom is -0.462 e. The summed E-state index contributed by atoms with van der Waals surface area (Å²) >= 11 is 0. The molecule has 0 aliphatic heterocycles. The van der Waals surface area contributed by atoms with Crippen molar-refractivity contribution in [1.82, 2.24) is 0 Å². The molecule has 0 aromatic rings. The van der Waals surface area contributed by atoms with Crippen LogP contribution in [-0.2, 0) is 28.6 Å². The van der Waals surface area contributed by atoms with Crippen molar-refractivity contribution in [3.8, 4) is 0 Å². The molecule has 0 bridgehead atoms. The highest BCUT2D eigenvalue weighted by Crippen LogP contribution is 2.18. The van der Waals surface area contributed by atoms with E-state index >= 15 is 0 Å². The molecule has 0 aromatic carbocycles. The van der Waals surface area contributed by atoms with Crippen molar-refractivity contribution in [3.63, 3.8) is 0 Å². The van der Waals surface area contributed by atoms with Crippen LogP contribution in [0.3, 0.4) is 0 Å². The predicted molar refractivity (Wildman–Crippen MR) is 330 cm³/mol. The SMILES string of the molecule is CCC/C=C\CCCCCCCC(=O)OCC(COC(=O)CCCCCCCCCCCCCCCCCCCCCCC/C=C\C/C=C\CCCCCCC)OC(=O)CCCCCCCCCCCCCCCCC. The zero-order valence-corrected chi connectivity index (χ0v) is 51.3. The van der Waals surface area contributed by atoms with E-state index in [0.29, 0.717) is 19.3 Å². The molecule has 0 rings (SSSR count). The van der Waals surface area contributed by atoms with Crippen LogP contribution in [0.25, 0.3) is 0 Å². The van der Waals surface area contributed by atoms with Gasteiger partial charge in [0.05, 0.1) is 0 Å². The van der Waals surface area contributed by atoms with E-state index in [1.54, 1.807) is 0 Å². The Kier molecular flexibility index (Phi) is 63.1. The van der Waals surface area contributed by atoms with Gasteiger partial charge in [0.1, 0.15) is 13.2 Å². The first kappa shape index (κ1) is 73.6. The molecule has 1 unspecified atom stereocenters. The first-order valence-corrected chi connectivity index (χ1v) is 34.0. The summed E-state index contributed by atoms with van der Waals surface area (Å²) in [7, 11) is 0. The van der Waals surface area contributed by atoms with Gasteiger partial charge in [-0.15, -0.1) is 0 Å². The van der Waals surface area contributed by atoms with E-state index in [1.807, 2.05) is 0 Å². The van der Waals surface area contributed by atoms with Crippen molar-refractivity contribution in [1.29, 1.82) is 0 Å². The van der Waals surface area contributed by atoms with Crippen LogP contribution in [0.5, 0.6) is 0 Å². The normalized spacial score (nSPS) is 12.2. The third kappa shape index (κ3) is 62.5. The maximum atomic E-state index is 12.9. The molecule has 0 amide bonds. The molecule has 446 valence electrons. The average molecular weight is 1070 g/mol. The molecule has 0 saturated carbocycles. The number of carbonyl (C=O) groups is 3. The lowest BCUT2D eigenvalue weighted by atomic mass is 10.0. The van der Waals surface area contributed by atoms with E-state index < -0.39 is 6.10 Å². The van der Waals surface area contributed by atoms with Crippen LogP contribution < -0.4 is 0 Å². The average Bonchev–Trinajstić information content (AvgIpc) is 3.42. The van der Waals surface area contributed by atoms with Crippen molar-refractivity contribution in [2.45, 2.75) is 380 Å². The van der Waals surface area contributed by atoms with Crippen LogP contribution in [0.1, 0.15) is 374 Å². The van der Waals surface area contributed by atoms with Gasteiger partial charge in [-0.3, -0.25) is 14.4 Å². The molecule has 6 heteroatoms. The van der Waals surface area contributed by atoms with E-state index in [4.69, 9.17) is 14.2 Å². The van der Waals surface area contributed by atoms with Gasteiger partial charge in [0, 0.05) is 19.3 Å². The van der Waals surface area contributed by atoms with Gasteiger partial charge in [0.25, 0.3) is 0 Å². The van der Waals surface area contributed by atoms with Gasteiger partial charge in [-0.05, 0) is 70.6 Å². The molecule has 0 spiro atoms. The van der Waals surface area contributed by atoms with Crippen LogP contribution in [0.4, 0.5) is 0 Å². The van der Waals surface area contributed by atoms with Gasteiger partial charge in [0.2, 0.25) is 0 Å². The minimum absolute atomic E-state index is 0.0688. The van der Waals surface area contributed by atoms with Crippen molar-refractivity contribution < 1.29 is 28.6 Å². The first-order valence-electron chi connectivity index (χ1n) is 34.0. The number of ether oxygens (including phenoxy) is 3. The maximum absolute atomic E-state index is 12.9. The fourth-order valence-electron chi connectivity index (χ4n) is 10.2. The van der Waals surface area contributed by atoms with Crippen molar-refractivity contribution in [3.05, 3.63) is 36.5 Å². The Morgan fingerprint density at radius 3 is 0.789 bits per heavy atom. The van der Waals surface area contributed by atoms with Crippen LogP contribution >= 0.6 is 0 Å². The zero-order valence-electron chi connectivity index (χ0n) is 51.3. The molecule has 0 saturated heterocycles. The smallest absolute Gasteiger partial charge is 0.306 e. The third-order valence-electron chi connectivity index (χ3n) is 15.3. The van der Waals surface area contributed by atoms with Gasteiger partial charge < -0.3 is 14.2 Å². The van der Waals surface area contributed by atoms with Crippen LogP contribution in [0.2, 0.25) is 0 Å². The highest BCUT2D eigenvalue weighted by atomic mass is 16.6. The molecule has 0 fully saturated rings. The molecule has 0 aliphatic carbocycles. The van der Waals surface area contributed by atoms with Gasteiger partial charge in [-0.25, -0.2) is 0 Å². The van der Waals surface area contributed by atoms with Crippen LogP contribution in [0.15, 0.2) is 36.5 Å². The lowest BCUT2D eigenvalue weighted by Gasteiger charge is -2.18. The summed E-state index contributed by atoms with van der Waals surface area (Å²) in [6, 6.07) is 0. The topological polar surface area (TPSA) is 78.9 Å². The molecule has 0 N–H and O–H groups in total. The van der Waals surface area contributed by atoms with E-state index in [9.17, 15) is 14.4 Å². The number of unbranched alkanes of at least 4 members (excludes halogenated alkanes) is 46. The largest absolute Gasteiger partial charge is 0.462 e. The van der Waals surface area contributed by atoms with E-state index in [0.717, 1.165) is 77.0 Å². The fourth-order valence-corrected chi connectivity index (χ4v) is 10.2. The maximum Gasteiger partial charge on any atom is 0.306 e. The van der Waals surface area contributed by atoms with Crippen molar-refractivity contribution in [2.24, 2.45) is 0 Å². The Bertz CT molecular complexity index is 1270. The second-order valence-corrected chi connectivity index (χ2v) is 23.1. The molecule has 0 aromatic heterocycles. The number of rotatable bonds is 63. The second-order valence-electron chi connectivity index (χ2n) is 23.1. The van der Waals surface area contributed by atoms with Gasteiger partial charge in [-0.1, -0.05) is 320 Å². The van der Waals surface area contributed by atoms with Crippen molar-refractivity contribution >= 4 is 17.9 Å². The summed E-state index contributed by atoms with van der Waals surface area (Å²) in [6.45, 7) is 6.62. The molecule has 1 atom stereocenters. The molecular weight excluding hydrogens is 937 g/mol. The monoisotopic (exact) mass is 1070 g/mol. The Hall–Kier alpha value is -2.37. The number of carbonyl (C=O) groups excluding carboxylic acids is 3. The van der Waals surface area contributed by atoms with Crippen LogP contribution in [-0.4, -0.2) is 37.2 Å². The minimum atomic E-state index is -0.770. The molecule has 6 nitrogen and oxygen atoms in total. The Morgan fingerprint density at radius 1 is 0.263 bits per heavy atom. The first-order chi connectivity index (χ1) is 37.5. The summed E-state index contributed by atoms with van der Waals surface area (Å²) in [5.74, 6) is -0.856. The van der Waals surface area contributed by atoms with Gasteiger partial charge >= 0.3 is 17.9 Å². The summed E-state index contributed by atoms with van der Waals surface area (Å²) in [4.78, 5) is 38.2. The van der Waals surface area contributed by atoms with Crippen molar-refractivity contribution in [2.75, 3.05) is 13.2 Å². The number of hydrogen-bond donors (Lipinski definition) is 0. The standard InChI is InChI=1S/C70H130O6/c1-4-7-10-13-16-19-22-24-26-27-28-29-30-31-32-33-34-35-36-37-38-39-40-41-42-43-45-46-48-51-54-57-60-63-69(72)75-66-67(65-74-68(71)62-59-56-53-50-21-18-15-12-9-6-3)76-70(73)64-61-58-55-52-49-47-44-25-23-20-17-14-11-8-5-2/h12,15,22,24,27-28,67H,4-11,13-14,16-21,23,25-26,29-66H2,1-3H3/b15-12-,24-22-,28-27-. The van der Waals surface area contributed by atoms with Crippen LogP contribution in [0, 0.1) is 0 Å². The number of hydrogen-bond acceptors (Lipinski definition) is 6. The zero-order chi connectivity index (χ0) is 55.0. The Labute approximate surface area is 474 Å². The lowest BCUT2D eigenvalue weighted by molar-refractivity contribution is -0.167. The van der Waals surface area contributed by atoms with E-state index in [1.165, 1.54) is 257 Å². The Morgan fingerprint density at radius 2 is 0.500 bits per heavy atom. The third-order valence-corrected chi connectivity index (χ3v) is 15.3. The lowest BCUT2D eigenvalue weighted by Crippen LogP contribution is -2.30. The van der Waals surface area contributed by atoms with Gasteiger partial charge in [0.15, 0.2) is 6.10 Å². The molecule has 76 heavy (non-hydrogen) atoms. The van der Waals surface area contributed by atoms with Gasteiger partial charge in [-0.2, -0.15) is 0 Å². The molecule has 0 heterocycles. The molecular formula is C70H130O6. The van der Waals surface area contributed by atoms with E-state index in [-0.39, 0.29) is 31.1 Å². The molecule has 0 radical (unpaired) electrons. The summed E-state index contributed by atoms with van der Waals surface area (Å²) in [5, 5.41) is 0. The quantitative estimate of drug-likeness (QED) is 0.0261. The highest BCUT2D eigenvalue weighted by Gasteiger charge is 2.19. The summed E-state index contributed by atoms with van der Waals surface area (Å²) in [6.07, 6.45) is 80.5. The number of allylic oxidation sites excluding steroid dienone is 6. The van der Waals surface area contributed by atoms with E-state index in [2.05, 4.69) is 57.2 Å². The number of esters is 3. The fraction of sp³-hybridized carbons (Fsp3) is 0.871. The second kappa shape index (κ2) is 65.2. The highest BCUT2D eigenvalue weighted by molar-refractivity contribution is 5.71. The summed E-state index contributed by atoms with van der Waals surface area (Å²) in [5.41, 5.74) is 0. The molecule has 0 aliphatic rings. The summed E-state index contributed by atoms with van der Waals surface area (Å²) < 4.78 is 16.9. The Balaban J connectivity index is 4.02.